The monoisotopic (exact) mass is 394 g/mol. The Labute approximate surface area is 154 Å². The Morgan fingerprint density at radius 3 is 2.07 bits per heavy atom. The summed E-state index contributed by atoms with van der Waals surface area (Å²) in [4.78, 5) is 1.94. The highest BCUT2D eigenvalue weighted by molar-refractivity contribution is 5.38. The predicted octanol–water partition coefficient (Wildman–Crippen LogP) is 5.25. The van der Waals surface area contributed by atoms with Gasteiger partial charge in [0.05, 0.1) is 11.1 Å². The molecule has 1 aromatic carbocycles. The van der Waals surface area contributed by atoms with E-state index < -0.39 is 29.5 Å². The Kier molecular flexibility index (Phi) is 6.05. The van der Waals surface area contributed by atoms with Gasteiger partial charge >= 0.3 is 12.4 Å². The molecule has 0 aromatic heterocycles. The topological polar surface area (TPSA) is 15.3 Å². The standard InChI is InChI=1S/C19H24F6N2/c20-18(21,22)14-6-7-16(19(23,24)25)15(12-14)17(13-4-2-1-3-5-13)27-10-8-26-9-11-27/h6-7,12-13,17,26H,1-5,8-11H2/t17-/m1/s1. The van der Waals surface area contributed by atoms with Crippen LogP contribution in [-0.2, 0) is 12.4 Å². The maximum atomic E-state index is 13.7. The Bertz CT molecular complexity index is 610. The molecule has 1 N–H and O–H groups in total. The molecule has 3 rings (SSSR count). The van der Waals surface area contributed by atoms with E-state index in [9.17, 15) is 26.3 Å². The first-order valence-corrected chi connectivity index (χ1v) is 9.41. The van der Waals surface area contributed by atoms with Gasteiger partial charge in [0.25, 0.3) is 0 Å². The van der Waals surface area contributed by atoms with E-state index >= 15 is 0 Å². The fourth-order valence-electron chi connectivity index (χ4n) is 4.40. The molecule has 152 valence electrons. The number of rotatable bonds is 3. The van der Waals surface area contributed by atoms with Crippen LogP contribution in [0.2, 0.25) is 0 Å². The van der Waals surface area contributed by atoms with Gasteiger partial charge in [0.1, 0.15) is 0 Å². The third-order valence-electron chi connectivity index (χ3n) is 5.64. The van der Waals surface area contributed by atoms with Crippen molar-refractivity contribution in [3.05, 3.63) is 34.9 Å². The summed E-state index contributed by atoms with van der Waals surface area (Å²) in [6.07, 6.45) is -5.00. The van der Waals surface area contributed by atoms with Crippen LogP contribution in [0.15, 0.2) is 18.2 Å². The molecule has 27 heavy (non-hydrogen) atoms. The maximum absolute atomic E-state index is 13.7. The molecule has 2 nitrogen and oxygen atoms in total. The average molecular weight is 394 g/mol. The first-order chi connectivity index (χ1) is 12.7. The molecule has 0 radical (unpaired) electrons. The van der Waals surface area contributed by atoms with Gasteiger partial charge in [-0.05, 0) is 42.5 Å². The van der Waals surface area contributed by atoms with Gasteiger partial charge in [-0.3, -0.25) is 4.90 Å². The van der Waals surface area contributed by atoms with Crippen LogP contribution in [0.4, 0.5) is 26.3 Å². The van der Waals surface area contributed by atoms with E-state index in [1.165, 1.54) is 0 Å². The minimum atomic E-state index is -4.68. The molecule has 0 bridgehead atoms. The van der Waals surface area contributed by atoms with Crippen LogP contribution in [0.25, 0.3) is 0 Å². The molecule has 1 aliphatic carbocycles. The number of alkyl halides is 6. The maximum Gasteiger partial charge on any atom is 0.416 e. The molecule has 1 aliphatic heterocycles. The molecule has 1 aromatic rings. The molecule has 1 saturated heterocycles. The number of halogens is 6. The summed E-state index contributed by atoms with van der Waals surface area (Å²) in [7, 11) is 0. The van der Waals surface area contributed by atoms with E-state index in [0.717, 1.165) is 38.2 Å². The van der Waals surface area contributed by atoms with Crippen molar-refractivity contribution in [3.8, 4) is 0 Å². The summed E-state index contributed by atoms with van der Waals surface area (Å²) < 4.78 is 80.7. The van der Waals surface area contributed by atoms with Crippen molar-refractivity contribution in [1.29, 1.82) is 0 Å². The Hall–Kier alpha value is -1.28. The van der Waals surface area contributed by atoms with E-state index in [1.807, 2.05) is 4.90 Å². The molecule has 2 fully saturated rings. The van der Waals surface area contributed by atoms with Crippen molar-refractivity contribution in [2.24, 2.45) is 5.92 Å². The summed E-state index contributed by atoms with van der Waals surface area (Å²) in [5.74, 6) is -0.0542. The fourth-order valence-corrected chi connectivity index (χ4v) is 4.40. The molecule has 1 atom stereocenters. The highest BCUT2D eigenvalue weighted by atomic mass is 19.4. The zero-order chi connectivity index (χ0) is 19.7. The molecular weight excluding hydrogens is 370 g/mol. The van der Waals surface area contributed by atoms with E-state index in [-0.39, 0.29) is 11.5 Å². The van der Waals surface area contributed by atoms with E-state index in [4.69, 9.17) is 0 Å². The second-order valence-corrected chi connectivity index (χ2v) is 7.43. The average Bonchev–Trinajstić information content (AvgIpc) is 2.62. The highest BCUT2D eigenvalue weighted by Gasteiger charge is 2.41. The van der Waals surface area contributed by atoms with Gasteiger partial charge in [0.2, 0.25) is 0 Å². The summed E-state index contributed by atoms with van der Waals surface area (Å²) >= 11 is 0. The fraction of sp³-hybridized carbons (Fsp3) is 0.684. The molecule has 0 unspecified atom stereocenters. The third kappa shape index (κ3) is 4.77. The van der Waals surface area contributed by atoms with Crippen LogP contribution in [-0.4, -0.2) is 31.1 Å². The van der Waals surface area contributed by atoms with Gasteiger partial charge in [-0.15, -0.1) is 0 Å². The lowest BCUT2D eigenvalue weighted by Gasteiger charge is -2.42. The summed E-state index contributed by atoms with van der Waals surface area (Å²) in [6, 6.07) is 1.26. The Balaban J connectivity index is 2.10. The van der Waals surface area contributed by atoms with Crippen LogP contribution in [0, 0.1) is 5.92 Å². The van der Waals surface area contributed by atoms with Gasteiger partial charge in [-0.1, -0.05) is 19.3 Å². The zero-order valence-electron chi connectivity index (χ0n) is 15.0. The summed E-state index contributed by atoms with van der Waals surface area (Å²) in [6.45, 7) is 2.33. The van der Waals surface area contributed by atoms with Gasteiger partial charge in [0, 0.05) is 32.2 Å². The lowest BCUT2D eigenvalue weighted by Crippen LogP contribution is -2.47. The largest absolute Gasteiger partial charge is 0.416 e. The second-order valence-electron chi connectivity index (χ2n) is 7.43. The number of nitrogens with one attached hydrogen (secondary N) is 1. The van der Waals surface area contributed by atoms with Crippen molar-refractivity contribution >= 4 is 0 Å². The minimum Gasteiger partial charge on any atom is -0.314 e. The van der Waals surface area contributed by atoms with Crippen molar-refractivity contribution in [1.82, 2.24) is 10.2 Å². The van der Waals surface area contributed by atoms with Gasteiger partial charge in [0.15, 0.2) is 0 Å². The SMILES string of the molecule is FC(F)(F)c1ccc(C(F)(F)F)c([C@@H](C2CCCCC2)N2CCNCC2)c1. The van der Waals surface area contributed by atoms with Gasteiger partial charge < -0.3 is 5.32 Å². The zero-order valence-corrected chi connectivity index (χ0v) is 15.0. The van der Waals surface area contributed by atoms with Gasteiger partial charge in [-0.2, -0.15) is 26.3 Å². The van der Waals surface area contributed by atoms with Crippen molar-refractivity contribution in [2.45, 2.75) is 50.5 Å². The second kappa shape index (κ2) is 7.99. The molecule has 1 saturated carbocycles. The summed E-state index contributed by atoms with van der Waals surface area (Å²) in [5, 5.41) is 3.16. The Morgan fingerprint density at radius 1 is 0.889 bits per heavy atom. The van der Waals surface area contributed by atoms with Crippen LogP contribution in [0.1, 0.15) is 54.8 Å². The first kappa shape index (κ1) is 20.5. The van der Waals surface area contributed by atoms with Crippen LogP contribution >= 0.6 is 0 Å². The van der Waals surface area contributed by atoms with E-state index in [0.29, 0.717) is 38.3 Å². The molecule has 8 heteroatoms. The van der Waals surface area contributed by atoms with E-state index in [1.54, 1.807) is 0 Å². The normalized spacial score (nSPS) is 22.0. The third-order valence-corrected chi connectivity index (χ3v) is 5.64. The van der Waals surface area contributed by atoms with Crippen molar-refractivity contribution in [3.63, 3.8) is 0 Å². The number of hydrogen-bond donors (Lipinski definition) is 1. The number of nitrogens with zero attached hydrogens (tertiary/aromatic N) is 1. The minimum absolute atomic E-state index is 0.0542. The van der Waals surface area contributed by atoms with Crippen LogP contribution in [0.3, 0.4) is 0 Å². The smallest absolute Gasteiger partial charge is 0.314 e. The van der Waals surface area contributed by atoms with Crippen molar-refractivity contribution < 1.29 is 26.3 Å². The number of benzene rings is 1. The van der Waals surface area contributed by atoms with E-state index in [2.05, 4.69) is 5.32 Å². The highest BCUT2D eigenvalue weighted by Crippen LogP contribution is 2.45. The predicted molar refractivity (Wildman–Crippen MR) is 90.2 cm³/mol. The molecule has 2 aliphatic rings. The lowest BCUT2D eigenvalue weighted by atomic mass is 9.78. The lowest BCUT2D eigenvalue weighted by molar-refractivity contribution is -0.142. The van der Waals surface area contributed by atoms with Crippen LogP contribution < -0.4 is 5.32 Å². The van der Waals surface area contributed by atoms with Crippen molar-refractivity contribution in [2.75, 3.05) is 26.2 Å². The molecular formula is C19H24F6N2. The number of piperazine rings is 1. The Morgan fingerprint density at radius 2 is 1.52 bits per heavy atom. The molecule has 1 heterocycles. The quantitative estimate of drug-likeness (QED) is 0.705. The molecule has 0 amide bonds. The first-order valence-electron chi connectivity index (χ1n) is 9.41. The van der Waals surface area contributed by atoms with Crippen LogP contribution in [0.5, 0.6) is 0 Å². The van der Waals surface area contributed by atoms with Gasteiger partial charge in [-0.25, -0.2) is 0 Å². The summed E-state index contributed by atoms with van der Waals surface area (Å²) in [5.41, 5.74) is -2.17. The molecule has 0 spiro atoms. The number of hydrogen-bond acceptors (Lipinski definition) is 2.